The van der Waals surface area contributed by atoms with Crippen LogP contribution in [0.1, 0.15) is 28.4 Å². The van der Waals surface area contributed by atoms with Crippen molar-refractivity contribution in [3.05, 3.63) is 76.7 Å². The normalized spacial score (nSPS) is 15.8. The minimum Gasteiger partial charge on any atom is -0.462 e. The topological polar surface area (TPSA) is 75.7 Å². The first kappa shape index (κ1) is 22.1. The summed E-state index contributed by atoms with van der Waals surface area (Å²) in [4.78, 5) is 39.5. The summed E-state index contributed by atoms with van der Waals surface area (Å²) in [5, 5.41) is 4.38. The van der Waals surface area contributed by atoms with Gasteiger partial charge in [0.1, 0.15) is 10.6 Å². The minimum absolute atomic E-state index is 0.216. The maximum absolute atomic E-state index is 13.0. The van der Waals surface area contributed by atoms with Crippen molar-refractivity contribution in [3.63, 3.8) is 0 Å². The van der Waals surface area contributed by atoms with E-state index in [0.717, 1.165) is 34.0 Å². The first-order valence-electron chi connectivity index (χ1n) is 10.2. The molecule has 1 aromatic heterocycles. The quantitative estimate of drug-likeness (QED) is 0.461. The molecule has 1 N–H and O–H groups in total. The zero-order valence-corrected chi connectivity index (χ0v) is 19.3. The summed E-state index contributed by atoms with van der Waals surface area (Å²) in [6.07, 6.45) is 0. The van der Waals surface area contributed by atoms with E-state index >= 15 is 0 Å². The first-order valence-corrected chi connectivity index (χ1v) is 11.9. The van der Waals surface area contributed by atoms with E-state index in [2.05, 4.69) is 5.32 Å². The molecule has 1 aliphatic heterocycles. The maximum atomic E-state index is 13.0. The highest BCUT2D eigenvalue weighted by atomic mass is 32.2. The molecule has 8 heteroatoms. The molecule has 2 amide bonds. The van der Waals surface area contributed by atoms with Gasteiger partial charge in [0, 0.05) is 10.9 Å². The lowest BCUT2D eigenvalue weighted by Gasteiger charge is -2.15. The molecule has 164 valence electrons. The number of rotatable bonds is 7. The third-order valence-electron chi connectivity index (χ3n) is 5.01. The summed E-state index contributed by atoms with van der Waals surface area (Å²) >= 11 is 2.23. The molecule has 2 aromatic carbocycles. The lowest BCUT2D eigenvalue weighted by molar-refractivity contribution is -0.126. The molecule has 0 saturated carbocycles. The Bertz CT molecular complexity index is 1140. The third-order valence-corrected chi connectivity index (χ3v) is 6.90. The summed E-state index contributed by atoms with van der Waals surface area (Å²) in [7, 11) is 0. The Labute approximate surface area is 194 Å². The van der Waals surface area contributed by atoms with Gasteiger partial charge < -0.3 is 10.1 Å². The second-order valence-corrected chi connectivity index (χ2v) is 9.19. The van der Waals surface area contributed by atoms with Crippen LogP contribution in [-0.4, -0.2) is 34.0 Å². The number of hydrogen-bond donors (Lipinski definition) is 1. The number of thioether (sulfide) groups is 1. The number of nitrogens with zero attached hydrogens (tertiary/aromatic N) is 1. The number of nitrogens with one attached hydrogen (secondary N) is 1. The van der Waals surface area contributed by atoms with Gasteiger partial charge >= 0.3 is 5.97 Å². The Balaban J connectivity index is 1.60. The van der Waals surface area contributed by atoms with Crippen molar-refractivity contribution in [2.75, 3.05) is 11.9 Å². The molecular formula is C24H22N2O4S2. The average molecular weight is 467 g/mol. The van der Waals surface area contributed by atoms with Gasteiger partial charge in [-0.15, -0.1) is 11.3 Å². The Morgan fingerprint density at radius 3 is 2.50 bits per heavy atom. The first-order chi connectivity index (χ1) is 15.5. The fraction of sp³-hybridized carbons (Fsp3) is 0.208. The van der Waals surface area contributed by atoms with Crippen LogP contribution in [0.5, 0.6) is 0 Å². The zero-order chi connectivity index (χ0) is 22.7. The largest absolute Gasteiger partial charge is 0.462 e. The van der Waals surface area contributed by atoms with Crippen LogP contribution in [0.4, 0.5) is 9.80 Å². The van der Waals surface area contributed by atoms with Crippen LogP contribution in [0.2, 0.25) is 0 Å². The van der Waals surface area contributed by atoms with Crippen LogP contribution in [0, 0.1) is 6.92 Å². The third kappa shape index (κ3) is 4.56. The lowest BCUT2D eigenvalue weighted by atomic mass is 10.0. The Morgan fingerprint density at radius 2 is 1.81 bits per heavy atom. The van der Waals surface area contributed by atoms with Crippen LogP contribution in [-0.2, 0) is 16.1 Å². The van der Waals surface area contributed by atoms with Crippen LogP contribution in [0.15, 0.2) is 60.0 Å². The van der Waals surface area contributed by atoms with E-state index in [-0.39, 0.29) is 24.3 Å². The number of amides is 2. The van der Waals surface area contributed by atoms with E-state index < -0.39 is 11.3 Å². The molecule has 6 nitrogen and oxygen atoms in total. The van der Waals surface area contributed by atoms with Gasteiger partial charge in [-0.1, -0.05) is 60.2 Å². The summed E-state index contributed by atoms with van der Waals surface area (Å²) < 4.78 is 5.28. The van der Waals surface area contributed by atoms with Crippen molar-refractivity contribution < 1.29 is 19.1 Å². The number of imide groups is 1. The molecule has 4 rings (SSSR count). The fourth-order valence-corrected chi connectivity index (χ4v) is 5.33. The predicted octanol–water partition coefficient (Wildman–Crippen LogP) is 5.53. The van der Waals surface area contributed by atoms with Gasteiger partial charge in [0.15, 0.2) is 5.37 Å². The van der Waals surface area contributed by atoms with Crippen molar-refractivity contribution in [3.8, 4) is 11.1 Å². The summed E-state index contributed by atoms with van der Waals surface area (Å²) in [5.74, 6) is -0.793. The monoisotopic (exact) mass is 466 g/mol. The molecule has 1 unspecified atom stereocenters. The number of benzene rings is 2. The molecule has 1 saturated heterocycles. The van der Waals surface area contributed by atoms with Gasteiger partial charge in [0.05, 0.1) is 13.2 Å². The lowest BCUT2D eigenvalue weighted by Crippen LogP contribution is -2.34. The highest BCUT2D eigenvalue weighted by Gasteiger charge is 2.40. The molecule has 2 heterocycles. The van der Waals surface area contributed by atoms with Gasteiger partial charge in [-0.2, -0.15) is 0 Å². The Kier molecular flexibility index (Phi) is 6.62. The average Bonchev–Trinajstić information content (AvgIpc) is 3.32. The maximum Gasteiger partial charge on any atom is 0.341 e. The number of carbonyl (C=O) groups excluding carboxylic acids is 3. The van der Waals surface area contributed by atoms with E-state index in [1.165, 1.54) is 16.2 Å². The molecular weight excluding hydrogens is 444 g/mol. The zero-order valence-electron chi connectivity index (χ0n) is 17.7. The smallest absolute Gasteiger partial charge is 0.341 e. The number of aryl methyl sites for hydroxylation is 1. The summed E-state index contributed by atoms with van der Waals surface area (Å²) in [6.45, 7) is 4.20. The molecule has 1 atom stereocenters. The van der Waals surface area contributed by atoms with Crippen molar-refractivity contribution in [2.24, 2.45) is 0 Å². The summed E-state index contributed by atoms with van der Waals surface area (Å²) in [5.41, 5.74) is 3.99. The van der Waals surface area contributed by atoms with E-state index in [0.29, 0.717) is 10.6 Å². The standard InChI is InChI=1S/C24H22N2O4S2/c1-3-30-23(28)19-18(17-11-9-15(2)10-12-17)14-31-20(19)25-21-22(27)26(24(29)32-21)13-16-7-5-4-6-8-16/h4-12,14,21,25H,3,13H2,1-2H3. The van der Waals surface area contributed by atoms with E-state index in [4.69, 9.17) is 4.74 Å². The number of ether oxygens (including phenoxy) is 1. The van der Waals surface area contributed by atoms with Crippen LogP contribution < -0.4 is 5.32 Å². The van der Waals surface area contributed by atoms with Gasteiger partial charge in [-0.3, -0.25) is 14.5 Å². The summed E-state index contributed by atoms with van der Waals surface area (Å²) in [6, 6.07) is 17.2. The van der Waals surface area contributed by atoms with E-state index in [9.17, 15) is 14.4 Å². The van der Waals surface area contributed by atoms with Crippen LogP contribution in [0.3, 0.4) is 0 Å². The molecule has 32 heavy (non-hydrogen) atoms. The molecule has 3 aromatic rings. The SMILES string of the molecule is CCOC(=O)c1c(-c2ccc(C)cc2)csc1NC1SC(=O)N(Cc2ccccc2)C1=O. The molecule has 0 bridgehead atoms. The van der Waals surface area contributed by atoms with Crippen LogP contribution in [0.25, 0.3) is 11.1 Å². The van der Waals surface area contributed by atoms with E-state index in [1.54, 1.807) is 6.92 Å². The van der Waals surface area contributed by atoms with Crippen molar-refractivity contribution in [2.45, 2.75) is 25.8 Å². The van der Waals surface area contributed by atoms with Crippen molar-refractivity contribution >= 4 is 45.2 Å². The van der Waals surface area contributed by atoms with Gasteiger partial charge in [-0.25, -0.2) is 4.79 Å². The molecule has 0 spiro atoms. The van der Waals surface area contributed by atoms with Crippen molar-refractivity contribution in [1.82, 2.24) is 4.90 Å². The van der Waals surface area contributed by atoms with E-state index in [1.807, 2.05) is 66.9 Å². The van der Waals surface area contributed by atoms with Gasteiger partial charge in [0.25, 0.3) is 11.1 Å². The second kappa shape index (κ2) is 9.58. The Morgan fingerprint density at radius 1 is 1.09 bits per heavy atom. The predicted molar refractivity (Wildman–Crippen MR) is 128 cm³/mol. The number of anilines is 1. The number of esters is 1. The highest BCUT2D eigenvalue weighted by Crippen LogP contribution is 2.39. The molecule has 1 aliphatic rings. The Hall–Kier alpha value is -3.10. The van der Waals surface area contributed by atoms with Crippen molar-refractivity contribution in [1.29, 1.82) is 0 Å². The number of hydrogen-bond acceptors (Lipinski definition) is 7. The number of thiophene rings is 1. The van der Waals surface area contributed by atoms with Crippen LogP contribution >= 0.6 is 23.1 Å². The van der Waals surface area contributed by atoms with Gasteiger partial charge in [0.2, 0.25) is 0 Å². The fourth-order valence-electron chi connectivity index (χ4n) is 3.38. The highest BCUT2D eigenvalue weighted by molar-refractivity contribution is 8.15. The molecule has 0 aliphatic carbocycles. The molecule has 1 fully saturated rings. The minimum atomic E-state index is -0.802. The van der Waals surface area contributed by atoms with Gasteiger partial charge in [-0.05, 0) is 36.7 Å². The number of carbonyl (C=O) groups is 3. The molecule has 0 radical (unpaired) electrons. The second-order valence-electron chi connectivity index (χ2n) is 7.26.